The van der Waals surface area contributed by atoms with E-state index >= 15 is 0 Å². The van der Waals surface area contributed by atoms with Crippen molar-refractivity contribution in [2.45, 2.75) is 18.9 Å². The quantitative estimate of drug-likeness (QED) is 0.867. The Morgan fingerprint density at radius 3 is 2.94 bits per heavy atom. The van der Waals surface area contributed by atoms with E-state index in [1.165, 1.54) is 6.07 Å². The lowest BCUT2D eigenvalue weighted by atomic mass is 9.89. The minimum Gasteiger partial charge on any atom is -0.381 e. The highest BCUT2D eigenvalue weighted by atomic mass is 35.5. The first-order chi connectivity index (χ1) is 7.70. The van der Waals surface area contributed by atoms with Crippen molar-refractivity contribution in [2.24, 2.45) is 11.7 Å². The van der Waals surface area contributed by atoms with Gasteiger partial charge in [0.2, 0.25) is 0 Å². The number of nitrogens with two attached hydrogens (primary N) is 1. The predicted octanol–water partition coefficient (Wildman–Crippen LogP) is 2.91. The Hall–Kier alpha value is -0.640. The molecule has 1 heterocycles. The normalized spacial score (nSPS) is 23.1. The van der Waals surface area contributed by atoms with Crippen LogP contribution in [0, 0.1) is 11.7 Å². The third kappa shape index (κ3) is 2.37. The van der Waals surface area contributed by atoms with E-state index < -0.39 is 0 Å². The number of benzene rings is 1. The maximum Gasteiger partial charge on any atom is 0.129 e. The number of rotatable bonds is 2. The summed E-state index contributed by atoms with van der Waals surface area (Å²) < 4.78 is 19.0. The Morgan fingerprint density at radius 2 is 2.31 bits per heavy atom. The molecular weight excluding hydrogens is 229 g/mol. The molecule has 0 spiro atoms. The average molecular weight is 244 g/mol. The second-order valence-electron chi connectivity index (χ2n) is 4.14. The lowest BCUT2D eigenvalue weighted by molar-refractivity contribution is 0.0443. The van der Waals surface area contributed by atoms with Crippen molar-refractivity contribution < 1.29 is 9.13 Å². The van der Waals surface area contributed by atoms with Gasteiger partial charge in [-0.1, -0.05) is 17.7 Å². The molecule has 1 aromatic carbocycles. The van der Waals surface area contributed by atoms with E-state index in [0.29, 0.717) is 17.2 Å². The van der Waals surface area contributed by atoms with Crippen molar-refractivity contribution in [1.29, 1.82) is 0 Å². The Morgan fingerprint density at radius 1 is 1.50 bits per heavy atom. The summed E-state index contributed by atoms with van der Waals surface area (Å²) in [7, 11) is 0. The number of hydrogen-bond donors (Lipinski definition) is 1. The zero-order valence-electron chi connectivity index (χ0n) is 8.96. The molecule has 1 saturated heterocycles. The molecule has 1 fully saturated rings. The maximum absolute atomic E-state index is 13.7. The Kier molecular flexibility index (Phi) is 3.79. The van der Waals surface area contributed by atoms with Gasteiger partial charge in [0.1, 0.15) is 5.82 Å². The number of hydrogen-bond acceptors (Lipinski definition) is 2. The van der Waals surface area contributed by atoms with E-state index in [0.717, 1.165) is 19.4 Å². The van der Waals surface area contributed by atoms with Gasteiger partial charge in [0.05, 0.1) is 6.61 Å². The molecule has 0 bridgehead atoms. The first kappa shape index (κ1) is 11.8. The molecule has 2 nitrogen and oxygen atoms in total. The van der Waals surface area contributed by atoms with Gasteiger partial charge >= 0.3 is 0 Å². The molecule has 4 heteroatoms. The summed E-state index contributed by atoms with van der Waals surface area (Å²) in [6.45, 7) is 1.36. The van der Waals surface area contributed by atoms with Gasteiger partial charge in [-0.15, -0.1) is 0 Å². The standard InChI is InChI=1S/C12H15ClFNO/c13-9-4-1-5-10(14)11(9)12(15)8-3-2-6-16-7-8/h1,4-5,8,12H,2-3,6-7,15H2. The van der Waals surface area contributed by atoms with Crippen LogP contribution >= 0.6 is 11.6 Å². The molecule has 2 unspecified atom stereocenters. The minimum atomic E-state index is -0.381. The summed E-state index contributed by atoms with van der Waals surface area (Å²) >= 11 is 5.98. The average Bonchev–Trinajstić information content (AvgIpc) is 2.30. The fourth-order valence-corrected chi connectivity index (χ4v) is 2.40. The van der Waals surface area contributed by atoms with Crippen LogP contribution in [-0.2, 0) is 4.74 Å². The van der Waals surface area contributed by atoms with Gasteiger partial charge in [0.15, 0.2) is 0 Å². The molecule has 88 valence electrons. The van der Waals surface area contributed by atoms with E-state index in [-0.39, 0.29) is 17.8 Å². The summed E-state index contributed by atoms with van der Waals surface area (Å²) in [6.07, 6.45) is 1.94. The van der Waals surface area contributed by atoms with Crippen LogP contribution in [0.25, 0.3) is 0 Å². The SMILES string of the molecule is NC(c1c(F)cccc1Cl)C1CCCOC1. The molecule has 0 aliphatic carbocycles. The smallest absolute Gasteiger partial charge is 0.129 e. The minimum absolute atomic E-state index is 0.156. The molecule has 1 aliphatic heterocycles. The van der Waals surface area contributed by atoms with Crippen LogP contribution in [0.3, 0.4) is 0 Å². The Labute approximate surface area is 99.5 Å². The molecule has 0 radical (unpaired) electrons. The Bertz CT molecular complexity index is 346. The third-order valence-electron chi connectivity index (χ3n) is 3.04. The van der Waals surface area contributed by atoms with Gasteiger partial charge in [0, 0.05) is 29.2 Å². The summed E-state index contributed by atoms with van der Waals surface area (Å²) in [6, 6.07) is 4.27. The summed E-state index contributed by atoms with van der Waals surface area (Å²) in [5, 5.41) is 0.401. The maximum atomic E-state index is 13.7. The monoisotopic (exact) mass is 243 g/mol. The van der Waals surface area contributed by atoms with E-state index in [1.807, 2.05) is 0 Å². The molecule has 16 heavy (non-hydrogen) atoms. The first-order valence-corrected chi connectivity index (χ1v) is 5.85. The summed E-state index contributed by atoms with van der Waals surface area (Å²) in [5.41, 5.74) is 6.48. The molecule has 0 aromatic heterocycles. The molecule has 1 aliphatic rings. The zero-order valence-corrected chi connectivity index (χ0v) is 9.71. The molecule has 2 N–H and O–H groups in total. The van der Waals surface area contributed by atoms with E-state index in [1.54, 1.807) is 12.1 Å². The van der Waals surface area contributed by atoms with E-state index in [9.17, 15) is 4.39 Å². The van der Waals surface area contributed by atoms with Gasteiger partial charge in [-0.05, 0) is 25.0 Å². The van der Waals surface area contributed by atoms with Gasteiger partial charge < -0.3 is 10.5 Å². The second-order valence-corrected chi connectivity index (χ2v) is 4.55. The van der Waals surface area contributed by atoms with Crippen LogP contribution in [0.5, 0.6) is 0 Å². The molecule has 0 saturated carbocycles. The lowest BCUT2D eigenvalue weighted by Crippen LogP contribution is -2.29. The van der Waals surface area contributed by atoms with Crippen LogP contribution in [0.4, 0.5) is 4.39 Å². The first-order valence-electron chi connectivity index (χ1n) is 5.47. The highest BCUT2D eigenvalue weighted by Crippen LogP contribution is 2.32. The predicted molar refractivity (Wildman–Crippen MR) is 61.9 cm³/mol. The fraction of sp³-hybridized carbons (Fsp3) is 0.500. The van der Waals surface area contributed by atoms with Crippen LogP contribution in [-0.4, -0.2) is 13.2 Å². The highest BCUT2D eigenvalue weighted by Gasteiger charge is 2.26. The topological polar surface area (TPSA) is 35.2 Å². The van der Waals surface area contributed by atoms with Crippen molar-refractivity contribution in [1.82, 2.24) is 0 Å². The molecule has 2 rings (SSSR count). The number of halogens is 2. The number of ether oxygens (including phenoxy) is 1. The lowest BCUT2D eigenvalue weighted by Gasteiger charge is -2.28. The largest absolute Gasteiger partial charge is 0.381 e. The van der Waals surface area contributed by atoms with Crippen LogP contribution < -0.4 is 5.73 Å². The summed E-state index contributed by atoms with van der Waals surface area (Å²) in [4.78, 5) is 0. The second kappa shape index (κ2) is 5.13. The van der Waals surface area contributed by atoms with Gasteiger partial charge in [-0.2, -0.15) is 0 Å². The van der Waals surface area contributed by atoms with Crippen molar-refractivity contribution in [3.8, 4) is 0 Å². The highest BCUT2D eigenvalue weighted by molar-refractivity contribution is 6.31. The van der Waals surface area contributed by atoms with Crippen molar-refractivity contribution in [2.75, 3.05) is 13.2 Å². The molecular formula is C12H15ClFNO. The summed E-state index contributed by atoms with van der Waals surface area (Å²) in [5.74, 6) is -0.172. The molecule has 2 atom stereocenters. The van der Waals surface area contributed by atoms with Crippen LogP contribution in [0.1, 0.15) is 24.4 Å². The van der Waals surface area contributed by atoms with Gasteiger partial charge in [-0.3, -0.25) is 0 Å². The van der Waals surface area contributed by atoms with Crippen LogP contribution in [0.2, 0.25) is 5.02 Å². The zero-order chi connectivity index (χ0) is 11.5. The third-order valence-corrected chi connectivity index (χ3v) is 3.37. The molecule has 1 aromatic rings. The van der Waals surface area contributed by atoms with Gasteiger partial charge in [0.25, 0.3) is 0 Å². The van der Waals surface area contributed by atoms with E-state index in [2.05, 4.69) is 0 Å². The van der Waals surface area contributed by atoms with Crippen molar-refractivity contribution in [3.63, 3.8) is 0 Å². The van der Waals surface area contributed by atoms with Crippen molar-refractivity contribution in [3.05, 3.63) is 34.6 Å². The van der Waals surface area contributed by atoms with Crippen LogP contribution in [0.15, 0.2) is 18.2 Å². The van der Waals surface area contributed by atoms with Crippen molar-refractivity contribution >= 4 is 11.6 Å². The Balaban J connectivity index is 2.22. The fourth-order valence-electron chi connectivity index (χ4n) is 2.11. The molecule has 0 amide bonds. The van der Waals surface area contributed by atoms with Gasteiger partial charge in [-0.25, -0.2) is 4.39 Å². The van der Waals surface area contributed by atoms with E-state index in [4.69, 9.17) is 22.1 Å².